The van der Waals surface area contributed by atoms with E-state index in [4.69, 9.17) is 4.74 Å². The van der Waals surface area contributed by atoms with Crippen molar-refractivity contribution in [3.8, 4) is 5.75 Å². The summed E-state index contributed by atoms with van der Waals surface area (Å²) in [5.74, 6) is 1.00. The van der Waals surface area contributed by atoms with Crippen molar-refractivity contribution in [3.63, 3.8) is 0 Å². The second-order valence-electron chi connectivity index (χ2n) is 5.55. The molecule has 2 nitrogen and oxygen atoms in total. The Balaban J connectivity index is 0.00000361. The van der Waals surface area contributed by atoms with Gasteiger partial charge in [0.2, 0.25) is 0 Å². The van der Waals surface area contributed by atoms with Crippen LogP contribution in [0.4, 0.5) is 0 Å². The van der Waals surface area contributed by atoms with Crippen LogP contribution >= 0.6 is 12.4 Å². The Morgan fingerprint density at radius 3 is 2.30 bits per heavy atom. The lowest BCUT2D eigenvalue weighted by Gasteiger charge is -2.19. The second-order valence-corrected chi connectivity index (χ2v) is 5.55. The summed E-state index contributed by atoms with van der Waals surface area (Å²) < 4.78 is 5.72. The van der Waals surface area contributed by atoms with Crippen LogP contribution in [-0.2, 0) is 6.42 Å². The molecule has 0 saturated carbocycles. The molecule has 0 amide bonds. The fourth-order valence-corrected chi connectivity index (χ4v) is 1.93. The topological polar surface area (TPSA) is 12.5 Å². The minimum absolute atomic E-state index is 0. The van der Waals surface area contributed by atoms with E-state index < -0.39 is 0 Å². The van der Waals surface area contributed by atoms with Crippen LogP contribution in [-0.4, -0.2) is 31.6 Å². The molecule has 0 saturated heterocycles. The maximum Gasteiger partial charge on any atom is 0.119 e. The first-order valence-electron chi connectivity index (χ1n) is 7.51. The van der Waals surface area contributed by atoms with Crippen LogP contribution in [0.15, 0.2) is 24.3 Å². The highest BCUT2D eigenvalue weighted by molar-refractivity contribution is 5.85. The van der Waals surface area contributed by atoms with Crippen LogP contribution in [0.1, 0.15) is 45.1 Å². The Morgan fingerprint density at radius 2 is 1.75 bits per heavy atom. The smallest absolute Gasteiger partial charge is 0.119 e. The largest absolute Gasteiger partial charge is 0.494 e. The lowest BCUT2D eigenvalue weighted by Crippen LogP contribution is -2.24. The van der Waals surface area contributed by atoms with Crippen LogP contribution in [0.25, 0.3) is 0 Å². The van der Waals surface area contributed by atoms with E-state index in [0.717, 1.165) is 25.2 Å². The molecule has 0 heterocycles. The van der Waals surface area contributed by atoms with Gasteiger partial charge in [-0.05, 0) is 58.0 Å². The average Bonchev–Trinajstić information content (AvgIpc) is 2.42. The van der Waals surface area contributed by atoms with E-state index in [-0.39, 0.29) is 12.4 Å². The number of ether oxygens (including phenoxy) is 1. The van der Waals surface area contributed by atoms with Crippen molar-refractivity contribution < 1.29 is 4.74 Å². The third-order valence-corrected chi connectivity index (χ3v) is 3.67. The van der Waals surface area contributed by atoms with Gasteiger partial charge >= 0.3 is 0 Å². The summed E-state index contributed by atoms with van der Waals surface area (Å²) in [6.45, 7) is 5.32. The highest BCUT2D eigenvalue weighted by atomic mass is 35.5. The molecular weight excluding hydrogens is 270 g/mol. The van der Waals surface area contributed by atoms with E-state index in [1.807, 2.05) is 0 Å². The molecule has 0 aromatic heterocycles. The zero-order valence-electron chi connectivity index (χ0n) is 13.4. The normalized spacial score (nSPS) is 12.1. The average molecular weight is 300 g/mol. The number of aryl methyl sites for hydroxylation is 1. The van der Waals surface area contributed by atoms with Crippen molar-refractivity contribution >= 4 is 12.4 Å². The molecule has 0 bridgehead atoms. The summed E-state index contributed by atoms with van der Waals surface area (Å²) in [4.78, 5) is 2.27. The zero-order valence-corrected chi connectivity index (χ0v) is 14.2. The van der Waals surface area contributed by atoms with Crippen molar-refractivity contribution in [2.75, 3.05) is 20.7 Å². The highest BCUT2D eigenvalue weighted by Crippen LogP contribution is 2.15. The molecule has 1 atom stereocenters. The first-order valence-corrected chi connectivity index (χ1v) is 7.51. The summed E-state index contributed by atoms with van der Waals surface area (Å²) in [5.41, 5.74) is 1.40. The summed E-state index contributed by atoms with van der Waals surface area (Å²) >= 11 is 0. The third-order valence-electron chi connectivity index (χ3n) is 3.67. The standard InChI is InChI=1S/C17H29NO.ClH/c1-5-6-7-14-19-17-12-10-16(11-13-17)9-8-15(2)18(3)4;/h10-13,15H,5-9,14H2,1-4H3;1H. The Morgan fingerprint density at radius 1 is 1.10 bits per heavy atom. The highest BCUT2D eigenvalue weighted by Gasteiger charge is 2.04. The third kappa shape index (κ3) is 7.76. The fraction of sp³-hybridized carbons (Fsp3) is 0.647. The lowest BCUT2D eigenvalue weighted by atomic mass is 10.1. The number of hydrogen-bond acceptors (Lipinski definition) is 2. The van der Waals surface area contributed by atoms with Gasteiger partial charge in [0.25, 0.3) is 0 Å². The van der Waals surface area contributed by atoms with Crippen LogP contribution in [0.2, 0.25) is 0 Å². The zero-order chi connectivity index (χ0) is 14.1. The maximum atomic E-state index is 5.72. The van der Waals surface area contributed by atoms with Crippen LogP contribution in [0, 0.1) is 0 Å². The van der Waals surface area contributed by atoms with Crippen molar-refractivity contribution in [2.45, 2.75) is 52.0 Å². The lowest BCUT2D eigenvalue weighted by molar-refractivity contribution is 0.298. The molecule has 1 rings (SSSR count). The van der Waals surface area contributed by atoms with Gasteiger partial charge in [0.1, 0.15) is 5.75 Å². The molecule has 0 aliphatic carbocycles. The number of halogens is 1. The molecule has 0 spiro atoms. The Kier molecular flexibility index (Phi) is 10.6. The van der Waals surface area contributed by atoms with Crippen LogP contribution in [0.3, 0.4) is 0 Å². The first-order chi connectivity index (χ1) is 9.13. The Labute approximate surface area is 130 Å². The molecule has 0 aliphatic rings. The van der Waals surface area contributed by atoms with Gasteiger partial charge in [-0.1, -0.05) is 31.9 Å². The van der Waals surface area contributed by atoms with E-state index >= 15 is 0 Å². The van der Waals surface area contributed by atoms with E-state index in [2.05, 4.69) is 57.1 Å². The van der Waals surface area contributed by atoms with Crippen molar-refractivity contribution in [3.05, 3.63) is 29.8 Å². The Bertz CT molecular complexity index is 337. The molecule has 0 fully saturated rings. The van der Waals surface area contributed by atoms with E-state index in [0.29, 0.717) is 6.04 Å². The molecule has 1 unspecified atom stereocenters. The van der Waals surface area contributed by atoms with Crippen molar-refractivity contribution in [1.29, 1.82) is 0 Å². The summed E-state index contributed by atoms with van der Waals surface area (Å²) in [7, 11) is 4.27. The molecule has 3 heteroatoms. The van der Waals surface area contributed by atoms with Crippen LogP contribution in [0.5, 0.6) is 5.75 Å². The molecule has 1 aromatic rings. The number of nitrogens with zero attached hydrogens (tertiary/aromatic N) is 1. The second kappa shape index (κ2) is 11.0. The van der Waals surface area contributed by atoms with E-state index in [1.165, 1.54) is 24.8 Å². The van der Waals surface area contributed by atoms with Crippen molar-refractivity contribution in [2.24, 2.45) is 0 Å². The molecule has 116 valence electrons. The number of benzene rings is 1. The number of unbranched alkanes of at least 4 members (excludes halogenated alkanes) is 2. The molecular formula is C17H30ClNO. The van der Waals surface area contributed by atoms with Gasteiger partial charge in [-0.15, -0.1) is 12.4 Å². The molecule has 0 aliphatic heterocycles. The summed E-state index contributed by atoms with van der Waals surface area (Å²) in [5, 5.41) is 0. The van der Waals surface area contributed by atoms with E-state index in [1.54, 1.807) is 0 Å². The molecule has 1 aromatic carbocycles. The minimum atomic E-state index is 0. The van der Waals surface area contributed by atoms with Gasteiger partial charge in [0.15, 0.2) is 0 Å². The van der Waals surface area contributed by atoms with Gasteiger partial charge < -0.3 is 9.64 Å². The molecule has 0 radical (unpaired) electrons. The summed E-state index contributed by atoms with van der Waals surface area (Å²) in [6, 6.07) is 9.21. The van der Waals surface area contributed by atoms with Gasteiger partial charge in [0, 0.05) is 6.04 Å². The van der Waals surface area contributed by atoms with Gasteiger partial charge in [-0.2, -0.15) is 0 Å². The minimum Gasteiger partial charge on any atom is -0.494 e. The summed E-state index contributed by atoms with van der Waals surface area (Å²) in [6.07, 6.45) is 5.98. The van der Waals surface area contributed by atoms with E-state index in [9.17, 15) is 0 Å². The SMILES string of the molecule is CCCCCOc1ccc(CCC(C)N(C)C)cc1.Cl. The quantitative estimate of drug-likeness (QED) is 0.620. The van der Waals surface area contributed by atoms with Crippen LogP contribution < -0.4 is 4.74 Å². The predicted molar refractivity (Wildman–Crippen MR) is 90.2 cm³/mol. The molecule has 20 heavy (non-hydrogen) atoms. The predicted octanol–water partition coefficient (Wildman–Crippen LogP) is 4.56. The monoisotopic (exact) mass is 299 g/mol. The Hall–Kier alpha value is -0.730. The maximum absolute atomic E-state index is 5.72. The number of hydrogen-bond donors (Lipinski definition) is 0. The van der Waals surface area contributed by atoms with Crippen molar-refractivity contribution in [1.82, 2.24) is 4.90 Å². The molecule has 0 N–H and O–H groups in total. The van der Waals surface area contributed by atoms with Gasteiger partial charge in [-0.3, -0.25) is 0 Å². The first kappa shape index (κ1) is 19.3. The van der Waals surface area contributed by atoms with Gasteiger partial charge in [-0.25, -0.2) is 0 Å². The van der Waals surface area contributed by atoms with Gasteiger partial charge in [0.05, 0.1) is 6.61 Å². The number of rotatable bonds is 9. The fourth-order valence-electron chi connectivity index (χ4n) is 1.93.